The first-order valence-corrected chi connectivity index (χ1v) is 18.5. The van der Waals surface area contributed by atoms with Crippen LogP contribution in [-0.4, -0.2) is 133 Å². The third kappa shape index (κ3) is 11.1. The number of nitro groups is 1. The Morgan fingerprint density at radius 1 is 0.839 bits per heavy atom. The number of nitrogens with two attached hydrogens (primary N) is 1. The Balaban J connectivity index is 0.000000288. The van der Waals surface area contributed by atoms with Gasteiger partial charge in [-0.2, -0.15) is 4.98 Å². The highest BCUT2D eigenvalue weighted by Crippen LogP contribution is 2.43. The zero-order valence-corrected chi connectivity index (χ0v) is 32.7. The van der Waals surface area contributed by atoms with E-state index in [0.717, 1.165) is 0 Å². The maximum atomic E-state index is 11.8. The fourth-order valence-electron chi connectivity index (χ4n) is 6.37. The van der Waals surface area contributed by atoms with Crippen molar-refractivity contribution in [1.29, 1.82) is 0 Å². The fraction of sp³-hybridized carbons (Fsp3) is 0.765. The molecule has 0 bridgehead atoms. The highest BCUT2D eigenvalue weighted by atomic mass is 35.5. The molecule has 2 saturated heterocycles. The number of nitrogen functional groups attached to an aromatic ring is 1. The van der Waals surface area contributed by atoms with Gasteiger partial charge in [0.25, 0.3) is 0 Å². The van der Waals surface area contributed by atoms with Gasteiger partial charge in [-0.05, 0) is 53.3 Å². The van der Waals surface area contributed by atoms with Crippen LogP contribution in [0.4, 0.5) is 23.0 Å². The minimum Gasteiger partial charge on any atom is -0.394 e. The lowest BCUT2D eigenvalue weighted by molar-refractivity contribution is -0.384. The van der Waals surface area contributed by atoms with E-state index in [2.05, 4.69) is 30.6 Å². The molecular formula is C34H52Cl2N8O10S2. The number of thioether (sulfide) groups is 2. The summed E-state index contributed by atoms with van der Waals surface area (Å²) in [6.45, 7) is -13.4. The molecule has 0 aromatic carbocycles. The molecule has 22 heteroatoms. The van der Waals surface area contributed by atoms with Gasteiger partial charge >= 0.3 is 5.69 Å². The molecule has 2 aromatic rings. The maximum Gasteiger partial charge on any atom is 0.348 e. The van der Waals surface area contributed by atoms with E-state index in [9.17, 15) is 20.3 Å². The number of aromatic nitrogens is 4. The van der Waals surface area contributed by atoms with Crippen LogP contribution >= 0.6 is 46.7 Å². The average molecular weight is 890 g/mol. The Hall–Kier alpha value is -2.08. The fourth-order valence-corrected chi connectivity index (χ4v) is 7.71. The second kappa shape index (κ2) is 19.8. The SMILES string of the molecule is [2H]C([2H])([2H])C([2H])([2H])C([2H])([2H])Sc1nc(Cl)c(N)c(N[C@@H]2C[C@H](OC([2H])([2H])C([2H])([2H])O)[C@H]3OC(C)(C)O[C@H]32)n1.[2H]C([2H])([2H])C([2H])([2H])C([2H])([2H])Sc1nc(Cl)c([N+](=O)[O-])c(N[C@@H]2C[C@H](OC([2H])([2H])C([2H])([2H])O)[C@H]3OC(C)(C)O[C@H]32)n1. The number of rotatable bonds is 17. The van der Waals surface area contributed by atoms with Crippen LogP contribution in [-0.2, 0) is 28.4 Å². The van der Waals surface area contributed by atoms with Gasteiger partial charge in [0, 0.05) is 30.6 Å². The van der Waals surface area contributed by atoms with Crippen molar-refractivity contribution in [2.45, 2.75) is 138 Å². The Bertz CT molecular complexity index is 2560. The van der Waals surface area contributed by atoms with Gasteiger partial charge in [0.15, 0.2) is 32.9 Å². The number of hydrogen-bond acceptors (Lipinski definition) is 19. The Morgan fingerprint density at radius 3 is 1.75 bits per heavy atom. The number of anilines is 3. The Kier molecular flexibility index (Phi) is 8.35. The zero-order chi connectivity index (χ0) is 60.1. The molecule has 0 unspecified atom stereocenters. The monoisotopic (exact) mass is 888 g/mol. The van der Waals surface area contributed by atoms with Gasteiger partial charge < -0.3 is 55.0 Å². The first-order valence-electron chi connectivity index (χ1n) is 27.2. The first-order chi connectivity index (χ1) is 34.7. The molecule has 6 rings (SSSR count). The maximum absolute atomic E-state index is 11.8. The molecule has 56 heavy (non-hydrogen) atoms. The summed E-state index contributed by atoms with van der Waals surface area (Å²) in [4.78, 5) is 26.3. The topological polar surface area (TPSA) is 241 Å². The molecule has 2 saturated carbocycles. The van der Waals surface area contributed by atoms with E-state index in [1.165, 1.54) is 13.8 Å². The lowest BCUT2D eigenvalue weighted by atomic mass is 10.2. The van der Waals surface area contributed by atoms with E-state index >= 15 is 0 Å². The number of nitrogens with one attached hydrogen (secondary N) is 2. The third-order valence-electron chi connectivity index (χ3n) is 8.25. The number of hydrogen-bond donors (Lipinski definition) is 5. The van der Waals surface area contributed by atoms with Crippen molar-refractivity contribution < 1.29 is 73.7 Å². The zero-order valence-electron chi connectivity index (χ0n) is 51.6. The number of halogens is 2. The molecule has 2 aromatic heterocycles. The van der Waals surface area contributed by atoms with Crippen LogP contribution in [0.5, 0.6) is 0 Å². The number of fused-ring (bicyclic) bond motifs is 2. The summed E-state index contributed by atoms with van der Waals surface area (Å²) in [5, 5.41) is 34.4. The molecule has 8 atom stereocenters. The summed E-state index contributed by atoms with van der Waals surface area (Å²) in [6.07, 6.45) is -12.9. The molecule has 314 valence electrons. The van der Waals surface area contributed by atoms with E-state index in [0.29, 0.717) is 0 Å². The Labute approximate surface area is 375 Å². The molecule has 0 radical (unpaired) electrons. The predicted octanol–water partition coefficient (Wildman–Crippen LogP) is 4.92. The molecule has 2 aliphatic heterocycles. The van der Waals surface area contributed by atoms with Gasteiger partial charge in [-0.1, -0.05) is 60.4 Å². The smallest absolute Gasteiger partial charge is 0.348 e. The highest BCUT2D eigenvalue weighted by molar-refractivity contribution is 7.99. The number of nitrogens with zero attached hydrogens (tertiary/aromatic N) is 5. The van der Waals surface area contributed by atoms with Crippen LogP contribution in [0.15, 0.2) is 10.3 Å². The van der Waals surface area contributed by atoms with Crippen molar-refractivity contribution in [3.63, 3.8) is 0 Å². The van der Waals surface area contributed by atoms with Crippen LogP contribution in [0, 0.1) is 10.1 Å². The van der Waals surface area contributed by atoms with Crippen molar-refractivity contribution in [2.24, 2.45) is 0 Å². The largest absolute Gasteiger partial charge is 0.394 e. The van der Waals surface area contributed by atoms with Gasteiger partial charge in [0.05, 0.1) is 66.4 Å². The van der Waals surface area contributed by atoms with Crippen molar-refractivity contribution in [3.8, 4) is 0 Å². The van der Waals surface area contributed by atoms with E-state index in [1.807, 2.05) is 0 Å². The van der Waals surface area contributed by atoms with Gasteiger partial charge in [0.2, 0.25) is 11.0 Å². The van der Waals surface area contributed by atoms with Gasteiger partial charge in [-0.25, -0.2) is 15.0 Å². The lowest BCUT2D eigenvalue weighted by Crippen LogP contribution is -2.35. The Morgan fingerprint density at radius 2 is 1.29 bits per heavy atom. The molecule has 4 aliphatic rings. The van der Waals surface area contributed by atoms with E-state index < -0.39 is 156 Å². The molecular weight excluding hydrogens is 815 g/mol. The van der Waals surface area contributed by atoms with Crippen molar-refractivity contribution in [3.05, 3.63) is 20.4 Å². The van der Waals surface area contributed by atoms with Crippen LogP contribution in [0.1, 0.15) is 97.1 Å². The summed E-state index contributed by atoms with van der Waals surface area (Å²) in [5.41, 5.74) is -1.18. The van der Waals surface area contributed by atoms with Crippen molar-refractivity contribution in [2.75, 3.05) is 54.0 Å². The lowest BCUT2D eigenvalue weighted by Gasteiger charge is -2.24. The first kappa shape index (κ1) is 23.6. The van der Waals surface area contributed by atoms with Gasteiger partial charge in [0.1, 0.15) is 30.1 Å². The molecule has 18 nitrogen and oxygen atoms in total. The van der Waals surface area contributed by atoms with Gasteiger partial charge in [-0.15, -0.1) is 0 Å². The molecule has 0 spiro atoms. The van der Waals surface area contributed by atoms with E-state index in [1.54, 1.807) is 13.8 Å². The van der Waals surface area contributed by atoms with E-state index in [4.69, 9.17) is 87.5 Å². The molecule has 4 fully saturated rings. The molecule has 6 N–H and O–H groups in total. The van der Waals surface area contributed by atoms with Crippen LogP contribution < -0.4 is 16.4 Å². The summed E-state index contributed by atoms with van der Waals surface area (Å²) in [6, 6.07) is -1.73. The van der Waals surface area contributed by atoms with Crippen LogP contribution in [0.2, 0.25) is 10.3 Å². The third-order valence-corrected chi connectivity index (χ3v) is 9.94. The van der Waals surface area contributed by atoms with Crippen molar-refractivity contribution >= 4 is 69.7 Å². The highest BCUT2D eigenvalue weighted by Gasteiger charge is 2.56. The van der Waals surface area contributed by atoms with E-state index in [-0.39, 0.29) is 53.0 Å². The second-order valence-corrected chi connectivity index (χ2v) is 15.1. The van der Waals surface area contributed by atoms with Crippen molar-refractivity contribution in [1.82, 2.24) is 19.9 Å². The molecule has 0 amide bonds. The number of ether oxygens (including phenoxy) is 6. The second-order valence-electron chi connectivity index (χ2n) is 12.8. The predicted molar refractivity (Wildman–Crippen MR) is 213 cm³/mol. The standard InChI is InChI=1S/C17H25ClN4O6S.C17H27ClN4O4S/c1-4-7-29-16-20-14(18)11(22(24)25)15(21-16)19-9-8-10(26-6-5-23)13-12(9)27-17(2,3)28-13;1-4-7-27-16-21-14(18)11(19)15(22-16)20-9-8-10(24-6-5-23)13-12(9)25-17(2,3)26-13/h9-10,12-13,23H,4-8H2,1-3H3,(H,19,20,21);9-10,12-13,23H,4-8,19H2,1-3H3,(H,20,21,22)/t2*9-,10+,12+,13-/m11/s1/i2*1D3,4D2,5D2,6D2,7D2. The van der Waals surface area contributed by atoms with Crippen LogP contribution in [0.25, 0.3) is 0 Å². The summed E-state index contributed by atoms with van der Waals surface area (Å²) in [5.74, 6) is -3.07. The summed E-state index contributed by atoms with van der Waals surface area (Å²) in [7, 11) is 0. The minimum absolute atomic E-state index is 0.0348. The summed E-state index contributed by atoms with van der Waals surface area (Å²) >= 11 is 12.1. The molecule has 2 aliphatic carbocycles. The normalized spacial score (nSPS) is 36.7. The quantitative estimate of drug-likeness (QED) is 0.0466. The van der Waals surface area contributed by atoms with Gasteiger partial charge in [-0.3, -0.25) is 10.1 Å². The summed E-state index contributed by atoms with van der Waals surface area (Å²) < 4.78 is 201. The molecule has 4 heterocycles. The number of aliphatic hydroxyl groups is 2. The van der Waals surface area contributed by atoms with Crippen LogP contribution in [0.3, 0.4) is 0 Å². The average Bonchev–Trinajstić information content (AvgIpc) is 3.90. The minimum atomic E-state index is -3.40.